The van der Waals surface area contributed by atoms with Gasteiger partial charge in [0.25, 0.3) is 5.91 Å². The second-order valence-electron chi connectivity index (χ2n) is 3.59. The molecule has 2 aromatic rings. The Balaban J connectivity index is 2.21. The van der Waals surface area contributed by atoms with Crippen LogP contribution in [0.4, 0.5) is 10.1 Å². The van der Waals surface area contributed by atoms with Crippen LogP contribution in [-0.2, 0) is 0 Å². The van der Waals surface area contributed by atoms with Crippen molar-refractivity contribution < 1.29 is 9.18 Å². The minimum absolute atomic E-state index is 0.144. The van der Waals surface area contributed by atoms with E-state index < -0.39 is 5.82 Å². The molecule has 0 atom stereocenters. The zero-order valence-corrected chi connectivity index (χ0v) is 10.6. The first-order valence-electron chi connectivity index (χ1n) is 5.08. The number of rotatable bonds is 2. The van der Waals surface area contributed by atoms with Crippen LogP contribution in [-0.4, -0.2) is 5.91 Å². The van der Waals surface area contributed by atoms with Crippen molar-refractivity contribution in [2.24, 2.45) is 0 Å². The second kappa shape index (κ2) is 5.38. The van der Waals surface area contributed by atoms with E-state index in [1.807, 2.05) is 0 Å². The summed E-state index contributed by atoms with van der Waals surface area (Å²) in [6.07, 6.45) is 0. The van der Waals surface area contributed by atoms with Gasteiger partial charge in [0.1, 0.15) is 5.82 Å². The summed E-state index contributed by atoms with van der Waals surface area (Å²) in [4.78, 5) is 11.9. The molecule has 2 aromatic carbocycles. The summed E-state index contributed by atoms with van der Waals surface area (Å²) in [6.45, 7) is 0. The lowest BCUT2D eigenvalue weighted by Crippen LogP contribution is -2.12. The van der Waals surface area contributed by atoms with Crippen molar-refractivity contribution in [2.45, 2.75) is 0 Å². The Morgan fingerprint density at radius 3 is 2.56 bits per heavy atom. The van der Waals surface area contributed by atoms with E-state index in [4.69, 9.17) is 23.2 Å². The van der Waals surface area contributed by atoms with Crippen LogP contribution in [0.2, 0.25) is 10.0 Å². The molecule has 1 amide bonds. The van der Waals surface area contributed by atoms with Crippen molar-refractivity contribution in [2.75, 3.05) is 5.32 Å². The van der Waals surface area contributed by atoms with E-state index in [1.54, 1.807) is 18.2 Å². The van der Waals surface area contributed by atoms with Crippen LogP contribution < -0.4 is 5.32 Å². The van der Waals surface area contributed by atoms with Crippen LogP contribution in [0.15, 0.2) is 42.5 Å². The maximum Gasteiger partial charge on any atom is 0.255 e. The highest BCUT2D eigenvalue weighted by Crippen LogP contribution is 2.23. The van der Waals surface area contributed by atoms with Gasteiger partial charge in [-0.3, -0.25) is 4.79 Å². The fourth-order valence-corrected chi connectivity index (χ4v) is 1.82. The molecule has 5 heteroatoms. The fraction of sp³-hybridized carbons (Fsp3) is 0. The lowest BCUT2D eigenvalue weighted by molar-refractivity contribution is 0.102. The normalized spacial score (nSPS) is 10.2. The monoisotopic (exact) mass is 283 g/mol. The highest BCUT2D eigenvalue weighted by Gasteiger charge is 2.09. The molecule has 92 valence electrons. The average molecular weight is 284 g/mol. The lowest BCUT2D eigenvalue weighted by Gasteiger charge is -2.07. The van der Waals surface area contributed by atoms with Gasteiger partial charge in [0.15, 0.2) is 0 Å². The molecular weight excluding hydrogens is 276 g/mol. The van der Waals surface area contributed by atoms with Gasteiger partial charge >= 0.3 is 0 Å². The maximum atomic E-state index is 12.8. The standard InChI is InChI=1S/C13H8Cl2FNO/c14-9-3-1-2-8(6-9)13(18)17-12-5-4-10(16)7-11(12)15/h1-7H,(H,17,18). The third-order valence-corrected chi connectivity index (χ3v) is 2.81. The van der Waals surface area contributed by atoms with E-state index in [-0.39, 0.29) is 10.9 Å². The molecule has 0 fully saturated rings. The average Bonchev–Trinajstić information content (AvgIpc) is 2.32. The quantitative estimate of drug-likeness (QED) is 0.870. The van der Waals surface area contributed by atoms with E-state index >= 15 is 0 Å². The number of hydrogen-bond acceptors (Lipinski definition) is 1. The number of nitrogens with one attached hydrogen (secondary N) is 1. The third kappa shape index (κ3) is 3.00. The molecule has 0 aliphatic carbocycles. The number of hydrogen-bond donors (Lipinski definition) is 1. The van der Waals surface area contributed by atoms with Crippen molar-refractivity contribution >= 4 is 34.8 Å². The fourth-order valence-electron chi connectivity index (χ4n) is 1.42. The maximum absolute atomic E-state index is 12.8. The van der Waals surface area contributed by atoms with Gasteiger partial charge in [-0.25, -0.2) is 4.39 Å². The lowest BCUT2D eigenvalue weighted by atomic mass is 10.2. The largest absolute Gasteiger partial charge is 0.321 e. The highest BCUT2D eigenvalue weighted by atomic mass is 35.5. The van der Waals surface area contributed by atoms with Gasteiger partial charge in [-0.1, -0.05) is 29.3 Å². The third-order valence-electron chi connectivity index (χ3n) is 2.27. The van der Waals surface area contributed by atoms with Gasteiger partial charge in [-0.2, -0.15) is 0 Å². The SMILES string of the molecule is O=C(Nc1ccc(F)cc1Cl)c1cccc(Cl)c1. The zero-order chi connectivity index (χ0) is 13.1. The van der Waals surface area contributed by atoms with Gasteiger partial charge in [0.2, 0.25) is 0 Å². The smallest absolute Gasteiger partial charge is 0.255 e. The Labute approximate surface area is 113 Å². The summed E-state index contributed by atoms with van der Waals surface area (Å²) >= 11 is 11.6. The van der Waals surface area contributed by atoms with Crippen LogP contribution >= 0.6 is 23.2 Å². The minimum atomic E-state index is -0.458. The second-order valence-corrected chi connectivity index (χ2v) is 4.43. The van der Waals surface area contributed by atoms with E-state index in [9.17, 15) is 9.18 Å². The predicted octanol–water partition coefficient (Wildman–Crippen LogP) is 4.38. The molecule has 0 saturated heterocycles. The number of amides is 1. The van der Waals surface area contributed by atoms with Crippen molar-refractivity contribution in [3.05, 3.63) is 63.9 Å². The van der Waals surface area contributed by atoms with Crippen molar-refractivity contribution in [3.8, 4) is 0 Å². The Morgan fingerprint density at radius 1 is 1.11 bits per heavy atom. The summed E-state index contributed by atoms with van der Waals surface area (Å²) in [6, 6.07) is 10.3. The summed E-state index contributed by atoms with van der Waals surface area (Å²) < 4.78 is 12.8. The predicted molar refractivity (Wildman–Crippen MR) is 70.8 cm³/mol. The summed E-state index contributed by atoms with van der Waals surface area (Å²) in [5, 5.41) is 3.19. The molecule has 0 aliphatic heterocycles. The topological polar surface area (TPSA) is 29.1 Å². The number of carbonyl (C=O) groups excluding carboxylic acids is 1. The van der Waals surface area contributed by atoms with Crippen molar-refractivity contribution in [3.63, 3.8) is 0 Å². The Morgan fingerprint density at radius 2 is 1.89 bits per heavy atom. The number of benzene rings is 2. The molecule has 1 N–H and O–H groups in total. The van der Waals surface area contributed by atoms with E-state index in [0.29, 0.717) is 16.3 Å². The summed E-state index contributed by atoms with van der Waals surface area (Å²) in [5.74, 6) is -0.813. The van der Waals surface area contributed by atoms with Crippen molar-refractivity contribution in [1.82, 2.24) is 0 Å². The number of anilines is 1. The molecule has 2 rings (SSSR count). The molecule has 0 radical (unpaired) electrons. The molecule has 2 nitrogen and oxygen atoms in total. The molecule has 0 heterocycles. The number of carbonyl (C=O) groups is 1. The van der Waals surface area contributed by atoms with Gasteiger partial charge in [0, 0.05) is 10.6 Å². The molecule has 0 aromatic heterocycles. The molecule has 0 aliphatic rings. The first-order valence-corrected chi connectivity index (χ1v) is 5.84. The zero-order valence-electron chi connectivity index (χ0n) is 9.08. The van der Waals surface area contributed by atoms with Crippen LogP contribution in [0.5, 0.6) is 0 Å². The highest BCUT2D eigenvalue weighted by molar-refractivity contribution is 6.34. The van der Waals surface area contributed by atoms with Gasteiger partial charge in [-0.15, -0.1) is 0 Å². The van der Waals surface area contributed by atoms with Crippen LogP contribution in [0.1, 0.15) is 10.4 Å². The van der Waals surface area contributed by atoms with Gasteiger partial charge in [-0.05, 0) is 36.4 Å². The Hall–Kier alpha value is -1.58. The van der Waals surface area contributed by atoms with E-state index in [0.717, 1.165) is 6.07 Å². The molecular formula is C13H8Cl2FNO. The van der Waals surface area contributed by atoms with E-state index in [2.05, 4.69) is 5.32 Å². The van der Waals surface area contributed by atoms with Gasteiger partial charge in [0.05, 0.1) is 10.7 Å². The molecule has 0 bridgehead atoms. The Kier molecular flexibility index (Phi) is 3.84. The molecule has 0 saturated carbocycles. The molecule has 0 unspecified atom stereocenters. The van der Waals surface area contributed by atoms with Crippen LogP contribution in [0, 0.1) is 5.82 Å². The first kappa shape index (κ1) is 12.9. The number of halogens is 3. The van der Waals surface area contributed by atoms with Crippen molar-refractivity contribution in [1.29, 1.82) is 0 Å². The Bertz CT molecular complexity index is 601. The van der Waals surface area contributed by atoms with Crippen LogP contribution in [0.3, 0.4) is 0 Å². The minimum Gasteiger partial charge on any atom is -0.321 e. The first-order chi connectivity index (χ1) is 8.56. The molecule has 18 heavy (non-hydrogen) atoms. The van der Waals surface area contributed by atoms with E-state index in [1.165, 1.54) is 18.2 Å². The summed E-state index contributed by atoms with van der Waals surface area (Å²) in [5.41, 5.74) is 0.755. The van der Waals surface area contributed by atoms with Crippen LogP contribution in [0.25, 0.3) is 0 Å². The van der Waals surface area contributed by atoms with Gasteiger partial charge < -0.3 is 5.32 Å². The summed E-state index contributed by atoms with van der Waals surface area (Å²) in [7, 11) is 0. The molecule has 0 spiro atoms.